The van der Waals surface area contributed by atoms with Crippen molar-refractivity contribution in [2.75, 3.05) is 5.32 Å². The summed E-state index contributed by atoms with van der Waals surface area (Å²) in [5, 5.41) is 13.1. The summed E-state index contributed by atoms with van der Waals surface area (Å²) in [6.45, 7) is 3.84. The van der Waals surface area contributed by atoms with Crippen LogP contribution in [0.2, 0.25) is 0 Å². The lowest BCUT2D eigenvalue weighted by molar-refractivity contribution is 0.0987. The molecule has 90 valence electrons. The summed E-state index contributed by atoms with van der Waals surface area (Å²) in [6, 6.07) is 3.39. The molecule has 0 aliphatic heterocycles. The van der Waals surface area contributed by atoms with Crippen molar-refractivity contribution in [2.24, 2.45) is 0 Å². The standard InChI is InChI=1S/C11H14N4O2/c1-3-4-8-6-10(14-13-8)12-11(16)9-5-7(2)15-17-9/h5-6H,3-4H2,1-2H3,(H2,12,13,14,16). The summed E-state index contributed by atoms with van der Waals surface area (Å²) < 4.78 is 4.85. The fourth-order valence-electron chi connectivity index (χ4n) is 1.47. The Morgan fingerprint density at radius 1 is 1.53 bits per heavy atom. The maximum absolute atomic E-state index is 11.7. The first-order chi connectivity index (χ1) is 8.19. The number of carbonyl (C=O) groups is 1. The molecule has 6 heteroatoms. The van der Waals surface area contributed by atoms with Crippen molar-refractivity contribution >= 4 is 11.7 Å². The zero-order valence-electron chi connectivity index (χ0n) is 9.78. The number of nitrogens with zero attached hydrogens (tertiary/aromatic N) is 2. The maximum Gasteiger partial charge on any atom is 0.295 e. The average molecular weight is 234 g/mol. The van der Waals surface area contributed by atoms with E-state index in [4.69, 9.17) is 4.52 Å². The number of aryl methyl sites for hydroxylation is 2. The Morgan fingerprint density at radius 2 is 2.35 bits per heavy atom. The Hall–Kier alpha value is -2.11. The first-order valence-electron chi connectivity index (χ1n) is 5.48. The number of rotatable bonds is 4. The highest BCUT2D eigenvalue weighted by Gasteiger charge is 2.13. The summed E-state index contributed by atoms with van der Waals surface area (Å²) in [5.74, 6) is 0.329. The number of amides is 1. The molecule has 2 N–H and O–H groups in total. The maximum atomic E-state index is 11.7. The molecule has 2 rings (SSSR count). The first-order valence-corrected chi connectivity index (χ1v) is 5.48. The van der Waals surface area contributed by atoms with Crippen molar-refractivity contribution in [3.05, 3.63) is 29.3 Å². The zero-order valence-corrected chi connectivity index (χ0v) is 9.78. The number of anilines is 1. The number of aromatic amines is 1. The highest BCUT2D eigenvalue weighted by Crippen LogP contribution is 2.10. The first kappa shape index (κ1) is 11.4. The van der Waals surface area contributed by atoms with Crippen molar-refractivity contribution < 1.29 is 9.32 Å². The van der Waals surface area contributed by atoms with Crippen molar-refractivity contribution in [3.63, 3.8) is 0 Å². The van der Waals surface area contributed by atoms with Gasteiger partial charge in [-0.05, 0) is 13.3 Å². The lowest BCUT2D eigenvalue weighted by atomic mass is 10.2. The molecule has 1 amide bonds. The van der Waals surface area contributed by atoms with E-state index in [1.54, 1.807) is 13.0 Å². The van der Waals surface area contributed by atoms with Crippen molar-refractivity contribution in [3.8, 4) is 0 Å². The van der Waals surface area contributed by atoms with E-state index in [1.807, 2.05) is 6.07 Å². The second kappa shape index (κ2) is 4.82. The molecule has 0 fully saturated rings. The van der Waals surface area contributed by atoms with Gasteiger partial charge in [-0.25, -0.2) is 0 Å². The molecule has 0 saturated heterocycles. The minimum Gasteiger partial charge on any atom is -0.351 e. The van der Waals surface area contributed by atoms with Gasteiger partial charge in [0.2, 0.25) is 5.76 Å². The van der Waals surface area contributed by atoms with Crippen molar-refractivity contribution in [2.45, 2.75) is 26.7 Å². The lowest BCUT2D eigenvalue weighted by Crippen LogP contribution is -2.11. The van der Waals surface area contributed by atoms with Gasteiger partial charge in [0, 0.05) is 17.8 Å². The molecular formula is C11H14N4O2. The summed E-state index contributed by atoms with van der Waals surface area (Å²) in [6.07, 6.45) is 1.93. The van der Waals surface area contributed by atoms with E-state index in [-0.39, 0.29) is 11.7 Å². The number of carbonyl (C=O) groups excluding carboxylic acids is 1. The van der Waals surface area contributed by atoms with Crippen LogP contribution in [0.3, 0.4) is 0 Å². The molecule has 2 aromatic rings. The number of H-pyrrole nitrogens is 1. The van der Waals surface area contributed by atoms with Gasteiger partial charge in [-0.3, -0.25) is 9.89 Å². The van der Waals surface area contributed by atoms with E-state index in [0.717, 1.165) is 18.5 Å². The van der Waals surface area contributed by atoms with Crippen LogP contribution in [0, 0.1) is 6.92 Å². The van der Waals surface area contributed by atoms with Crippen LogP contribution in [0.25, 0.3) is 0 Å². The predicted octanol–water partition coefficient (Wildman–Crippen LogP) is 1.91. The quantitative estimate of drug-likeness (QED) is 0.846. The largest absolute Gasteiger partial charge is 0.351 e. The Labute approximate surface area is 98.4 Å². The van der Waals surface area contributed by atoms with E-state index in [0.29, 0.717) is 11.5 Å². The zero-order chi connectivity index (χ0) is 12.3. The molecule has 0 aromatic carbocycles. The fourth-order valence-corrected chi connectivity index (χ4v) is 1.47. The van der Waals surface area contributed by atoms with Gasteiger partial charge in [-0.15, -0.1) is 0 Å². The van der Waals surface area contributed by atoms with Crippen LogP contribution in [0.1, 0.15) is 35.3 Å². The molecule has 0 bridgehead atoms. The summed E-state index contributed by atoms with van der Waals surface area (Å²) in [7, 11) is 0. The number of hydrogen-bond acceptors (Lipinski definition) is 4. The van der Waals surface area contributed by atoms with Crippen LogP contribution >= 0.6 is 0 Å². The number of hydrogen-bond donors (Lipinski definition) is 2. The summed E-state index contributed by atoms with van der Waals surface area (Å²) in [5.41, 5.74) is 1.67. The molecule has 0 spiro atoms. The smallest absolute Gasteiger partial charge is 0.295 e. The lowest BCUT2D eigenvalue weighted by Gasteiger charge is -1.95. The Bertz CT molecular complexity index is 515. The van der Waals surface area contributed by atoms with Crippen molar-refractivity contribution in [1.29, 1.82) is 0 Å². The normalized spacial score (nSPS) is 10.5. The highest BCUT2D eigenvalue weighted by molar-refractivity contribution is 6.01. The molecule has 0 radical (unpaired) electrons. The second-order valence-electron chi connectivity index (χ2n) is 3.82. The average Bonchev–Trinajstić information content (AvgIpc) is 2.88. The van der Waals surface area contributed by atoms with E-state index >= 15 is 0 Å². The molecule has 2 heterocycles. The van der Waals surface area contributed by atoms with Crippen LogP contribution in [0.4, 0.5) is 5.82 Å². The molecule has 17 heavy (non-hydrogen) atoms. The molecule has 2 aromatic heterocycles. The van der Waals surface area contributed by atoms with E-state index in [2.05, 4.69) is 27.6 Å². The SMILES string of the molecule is CCCc1cc(NC(=O)c2cc(C)no2)n[nH]1. The van der Waals surface area contributed by atoms with Gasteiger partial charge < -0.3 is 9.84 Å². The van der Waals surface area contributed by atoms with Gasteiger partial charge in [0.25, 0.3) is 5.91 Å². The van der Waals surface area contributed by atoms with Gasteiger partial charge >= 0.3 is 0 Å². The monoisotopic (exact) mass is 234 g/mol. The van der Waals surface area contributed by atoms with Gasteiger partial charge in [0.1, 0.15) is 0 Å². The molecular weight excluding hydrogens is 220 g/mol. The molecule has 0 saturated carbocycles. The Balaban J connectivity index is 2.02. The van der Waals surface area contributed by atoms with Gasteiger partial charge in [-0.2, -0.15) is 5.10 Å². The van der Waals surface area contributed by atoms with Crippen LogP contribution in [0.5, 0.6) is 0 Å². The van der Waals surface area contributed by atoms with Crippen LogP contribution in [0.15, 0.2) is 16.7 Å². The molecule has 0 atom stereocenters. The van der Waals surface area contributed by atoms with Gasteiger partial charge in [0.15, 0.2) is 5.82 Å². The fraction of sp³-hybridized carbons (Fsp3) is 0.364. The van der Waals surface area contributed by atoms with Crippen molar-refractivity contribution in [1.82, 2.24) is 15.4 Å². The van der Waals surface area contributed by atoms with Crippen LogP contribution < -0.4 is 5.32 Å². The highest BCUT2D eigenvalue weighted by atomic mass is 16.5. The number of nitrogens with one attached hydrogen (secondary N) is 2. The second-order valence-corrected chi connectivity index (χ2v) is 3.82. The van der Waals surface area contributed by atoms with E-state index in [1.165, 1.54) is 0 Å². The third-order valence-electron chi connectivity index (χ3n) is 2.24. The third kappa shape index (κ3) is 2.72. The summed E-state index contributed by atoms with van der Waals surface area (Å²) >= 11 is 0. The van der Waals surface area contributed by atoms with E-state index in [9.17, 15) is 4.79 Å². The Morgan fingerprint density at radius 3 is 3.00 bits per heavy atom. The molecule has 0 aliphatic carbocycles. The molecule has 0 unspecified atom stereocenters. The molecule has 0 aliphatic rings. The topological polar surface area (TPSA) is 83.8 Å². The van der Waals surface area contributed by atoms with Crippen LogP contribution in [-0.4, -0.2) is 21.3 Å². The number of aromatic nitrogens is 3. The third-order valence-corrected chi connectivity index (χ3v) is 2.24. The van der Waals surface area contributed by atoms with Crippen LogP contribution in [-0.2, 0) is 6.42 Å². The Kier molecular flexibility index (Phi) is 3.22. The molecule has 6 nitrogen and oxygen atoms in total. The van der Waals surface area contributed by atoms with E-state index < -0.39 is 0 Å². The minimum absolute atomic E-state index is 0.183. The summed E-state index contributed by atoms with van der Waals surface area (Å²) in [4.78, 5) is 11.7. The van der Waals surface area contributed by atoms with Gasteiger partial charge in [-0.1, -0.05) is 18.5 Å². The van der Waals surface area contributed by atoms with Gasteiger partial charge in [0.05, 0.1) is 5.69 Å². The predicted molar refractivity (Wildman–Crippen MR) is 61.8 cm³/mol. The minimum atomic E-state index is -0.347.